The van der Waals surface area contributed by atoms with E-state index in [0.29, 0.717) is 11.3 Å². The number of carbonyl (C=O) groups is 3. The highest BCUT2D eigenvalue weighted by Gasteiger charge is 2.27. The lowest BCUT2D eigenvalue weighted by molar-refractivity contribution is -0.384. The van der Waals surface area contributed by atoms with Crippen LogP contribution in [0.25, 0.3) is 0 Å². The maximum Gasteiger partial charge on any atom is 0.341 e. The highest BCUT2D eigenvalue weighted by Crippen LogP contribution is 2.35. The predicted molar refractivity (Wildman–Crippen MR) is 125 cm³/mol. The van der Waals surface area contributed by atoms with Gasteiger partial charge in [-0.2, -0.15) is 0 Å². The number of nitro benzene ring substituents is 1. The molecule has 3 aromatic rings. The maximum atomic E-state index is 13.0. The van der Waals surface area contributed by atoms with Crippen molar-refractivity contribution in [2.24, 2.45) is 0 Å². The van der Waals surface area contributed by atoms with Crippen LogP contribution in [-0.2, 0) is 4.74 Å². The summed E-state index contributed by atoms with van der Waals surface area (Å²) in [6.45, 7) is 5.42. The molecular formula is C23H21N3O6S. The number of nitrogens with one attached hydrogen (secondary N) is 2. The first-order valence-electron chi connectivity index (χ1n) is 9.78. The van der Waals surface area contributed by atoms with E-state index < -0.39 is 22.7 Å². The number of nitrogens with zero attached hydrogens (tertiary/aromatic N) is 1. The molecule has 33 heavy (non-hydrogen) atoms. The molecule has 0 spiro atoms. The molecule has 1 heterocycles. The smallest absolute Gasteiger partial charge is 0.341 e. The first-order valence-corrected chi connectivity index (χ1v) is 10.6. The maximum absolute atomic E-state index is 13.0. The number of rotatable bonds is 6. The molecule has 3 rings (SSSR count). The molecule has 10 heteroatoms. The lowest BCUT2D eigenvalue weighted by atomic mass is 10.1. The van der Waals surface area contributed by atoms with Crippen molar-refractivity contribution >= 4 is 45.5 Å². The summed E-state index contributed by atoms with van der Waals surface area (Å²) in [4.78, 5) is 48.6. The quantitative estimate of drug-likeness (QED) is 0.302. The second-order valence-corrected chi connectivity index (χ2v) is 8.30. The topological polar surface area (TPSA) is 128 Å². The van der Waals surface area contributed by atoms with E-state index in [-0.39, 0.29) is 26.7 Å². The van der Waals surface area contributed by atoms with Crippen LogP contribution in [0.2, 0.25) is 0 Å². The van der Waals surface area contributed by atoms with E-state index in [1.807, 2.05) is 26.0 Å². The molecule has 170 valence electrons. The second-order valence-electron chi connectivity index (χ2n) is 7.28. The van der Waals surface area contributed by atoms with E-state index in [2.05, 4.69) is 10.6 Å². The van der Waals surface area contributed by atoms with E-state index in [0.717, 1.165) is 22.5 Å². The van der Waals surface area contributed by atoms with E-state index in [4.69, 9.17) is 4.74 Å². The summed E-state index contributed by atoms with van der Waals surface area (Å²) >= 11 is 0.944. The number of aryl methyl sites for hydroxylation is 2. The lowest BCUT2D eigenvalue weighted by Crippen LogP contribution is -2.14. The monoisotopic (exact) mass is 467 g/mol. The SMILES string of the molecule is COC(=O)c1c(NC(=O)c2ccc([N+](=O)[O-])cc2)sc(C(=O)Nc2ccc(C)cc2C)c1C. The molecule has 0 bridgehead atoms. The minimum atomic E-state index is -0.701. The molecule has 0 unspecified atom stereocenters. The van der Waals surface area contributed by atoms with Crippen LogP contribution in [0.3, 0.4) is 0 Å². The van der Waals surface area contributed by atoms with Gasteiger partial charge in [-0.3, -0.25) is 19.7 Å². The van der Waals surface area contributed by atoms with Gasteiger partial charge in [0.1, 0.15) is 5.00 Å². The Labute approximate surface area is 193 Å². The van der Waals surface area contributed by atoms with Crippen molar-refractivity contribution in [1.82, 2.24) is 0 Å². The van der Waals surface area contributed by atoms with E-state index in [1.54, 1.807) is 13.0 Å². The van der Waals surface area contributed by atoms with E-state index in [1.165, 1.54) is 31.4 Å². The van der Waals surface area contributed by atoms with Crippen molar-refractivity contribution in [3.05, 3.63) is 85.3 Å². The fraction of sp³-hybridized carbons (Fsp3) is 0.174. The van der Waals surface area contributed by atoms with Crippen molar-refractivity contribution in [3.8, 4) is 0 Å². The zero-order valence-electron chi connectivity index (χ0n) is 18.3. The third-order valence-electron chi connectivity index (χ3n) is 4.94. The molecule has 0 aliphatic carbocycles. The molecule has 2 N–H and O–H groups in total. The Balaban J connectivity index is 1.92. The number of amides is 2. The van der Waals surface area contributed by atoms with Gasteiger partial charge >= 0.3 is 5.97 Å². The number of thiophene rings is 1. The molecule has 1 aromatic heterocycles. The van der Waals surface area contributed by atoms with Crippen LogP contribution in [0.15, 0.2) is 42.5 Å². The molecule has 0 aliphatic heterocycles. The Hall–Kier alpha value is -4.05. The third kappa shape index (κ3) is 5.07. The van der Waals surface area contributed by atoms with Crippen molar-refractivity contribution < 1.29 is 24.0 Å². The number of ether oxygens (including phenoxy) is 1. The van der Waals surface area contributed by atoms with Gasteiger partial charge in [-0.25, -0.2) is 4.79 Å². The predicted octanol–water partition coefficient (Wildman–Crippen LogP) is 4.87. The summed E-state index contributed by atoms with van der Waals surface area (Å²) in [6.07, 6.45) is 0. The minimum Gasteiger partial charge on any atom is -0.465 e. The fourth-order valence-corrected chi connectivity index (χ4v) is 4.29. The van der Waals surface area contributed by atoms with Gasteiger partial charge in [0.2, 0.25) is 0 Å². The third-order valence-corrected chi connectivity index (χ3v) is 6.15. The summed E-state index contributed by atoms with van der Waals surface area (Å²) in [7, 11) is 1.21. The van der Waals surface area contributed by atoms with Crippen LogP contribution in [0.4, 0.5) is 16.4 Å². The molecule has 0 aliphatic rings. The number of non-ortho nitro benzene ring substituents is 1. The minimum absolute atomic E-state index is 0.0727. The molecule has 0 atom stereocenters. The zero-order valence-corrected chi connectivity index (χ0v) is 19.2. The van der Waals surface area contributed by atoms with Crippen molar-refractivity contribution in [2.45, 2.75) is 20.8 Å². The number of benzene rings is 2. The first kappa shape index (κ1) is 23.6. The summed E-state index contributed by atoms with van der Waals surface area (Å²) < 4.78 is 4.84. The standard InChI is InChI=1S/C23H21N3O6S/c1-12-5-10-17(13(2)11-12)24-21(28)19-14(3)18(23(29)32-4)22(33-19)25-20(27)15-6-8-16(9-7-15)26(30)31/h5-11H,1-4H3,(H,24,28)(H,25,27). The van der Waals surface area contributed by atoms with Crippen molar-refractivity contribution in [2.75, 3.05) is 17.7 Å². The van der Waals surface area contributed by atoms with Crippen molar-refractivity contribution in [3.63, 3.8) is 0 Å². The summed E-state index contributed by atoms with van der Waals surface area (Å²) in [5, 5.41) is 16.4. The molecule has 2 aromatic carbocycles. The Morgan fingerprint density at radius 1 is 0.970 bits per heavy atom. The van der Waals surface area contributed by atoms with Crippen LogP contribution >= 0.6 is 11.3 Å². The fourth-order valence-electron chi connectivity index (χ4n) is 3.21. The number of esters is 1. The highest BCUT2D eigenvalue weighted by molar-refractivity contribution is 7.19. The molecular weight excluding hydrogens is 446 g/mol. The van der Waals surface area contributed by atoms with E-state index >= 15 is 0 Å². The summed E-state index contributed by atoms with van der Waals surface area (Å²) in [6, 6.07) is 10.6. The summed E-state index contributed by atoms with van der Waals surface area (Å²) in [5.74, 6) is -1.71. The Bertz CT molecular complexity index is 1260. The highest BCUT2D eigenvalue weighted by atomic mass is 32.1. The second kappa shape index (κ2) is 9.61. The molecule has 0 fully saturated rings. The molecule has 2 amide bonds. The van der Waals surface area contributed by atoms with Gasteiger partial charge in [-0.05, 0) is 50.1 Å². The lowest BCUT2D eigenvalue weighted by Gasteiger charge is -2.08. The Morgan fingerprint density at radius 2 is 1.64 bits per heavy atom. The number of anilines is 2. The normalized spacial score (nSPS) is 10.4. The molecule has 9 nitrogen and oxygen atoms in total. The van der Waals surface area contributed by atoms with E-state index in [9.17, 15) is 24.5 Å². The van der Waals surface area contributed by atoms with Crippen LogP contribution in [0.5, 0.6) is 0 Å². The number of carbonyl (C=O) groups excluding carboxylic acids is 3. The Morgan fingerprint density at radius 3 is 2.21 bits per heavy atom. The largest absolute Gasteiger partial charge is 0.465 e. The average molecular weight is 468 g/mol. The van der Waals surface area contributed by atoms with Crippen LogP contribution in [0.1, 0.15) is 47.1 Å². The van der Waals surface area contributed by atoms with Crippen LogP contribution < -0.4 is 10.6 Å². The van der Waals surface area contributed by atoms with Gasteiger partial charge in [0.25, 0.3) is 17.5 Å². The summed E-state index contributed by atoms with van der Waals surface area (Å²) in [5.41, 5.74) is 3.02. The van der Waals surface area contributed by atoms with Gasteiger partial charge in [0, 0.05) is 23.4 Å². The number of nitro groups is 1. The molecule has 0 saturated carbocycles. The number of hydrogen-bond donors (Lipinski definition) is 2. The molecule has 0 radical (unpaired) electrons. The zero-order chi connectivity index (χ0) is 24.3. The van der Waals surface area contributed by atoms with Crippen LogP contribution in [-0.4, -0.2) is 29.8 Å². The van der Waals surface area contributed by atoms with Gasteiger partial charge < -0.3 is 15.4 Å². The number of hydrogen-bond acceptors (Lipinski definition) is 7. The van der Waals surface area contributed by atoms with Gasteiger partial charge in [-0.15, -0.1) is 11.3 Å². The Kier molecular flexibility index (Phi) is 6.88. The van der Waals surface area contributed by atoms with Gasteiger partial charge in [0.15, 0.2) is 0 Å². The first-order chi connectivity index (χ1) is 15.6. The van der Waals surface area contributed by atoms with Crippen LogP contribution in [0, 0.1) is 30.9 Å². The van der Waals surface area contributed by atoms with Gasteiger partial charge in [0.05, 0.1) is 22.5 Å². The average Bonchev–Trinajstić information content (AvgIpc) is 3.10. The number of methoxy groups -OCH3 is 1. The van der Waals surface area contributed by atoms with Crippen molar-refractivity contribution in [1.29, 1.82) is 0 Å². The molecule has 0 saturated heterocycles. The van der Waals surface area contributed by atoms with Gasteiger partial charge in [-0.1, -0.05) is 17.7 Å².